The van der Waals surface area contributed by atoms with Gasteiger partial charge in [0.25, 0.3) is 0 Å². The number of aromatic hydroxyl groups is 2. The van der Waals surface area contributed by atoms with E-state index in [4.69, 9.17) is 0 Å². The molecule has 0 aliphatic carbocycles. The lowest BCUT2D eigenvalue weighted by atomic mass is 9.98. The van der Waals surface area contributed by atoms with Gasteiger partial charge in [-0.2, -0.15) is 0 Å². The molecule has 222 valence electrons. The van der Waals surface area contributed by atoms with Crippen LogP contribution >= 0.6 is 0 Å². The van der Waals surface area contributed by atoms with Gasteiger partial charge in [0.1, 0.15) is 11.5 Å². The van der Waals surface area contributed by atoms with E-state index >= 15 is 0 Å². The number of aliphatic hydroxyl groups excluding tert-OH is 2. The minimum absolute atomic E-state index is 0.00961. The van der Waals surface area contributed by atoms with Crippen molar-refractivity contribution in [2.45, 2.75) is 32.5 Å². The molecule has 0 aliphatic heterocycles. The molecule has 0 radical (unpaired) electrons. The van der Waals surface area contributed by atoms with Gasteiger partial charge in [-0.3, -0.25) is 0 Å². The molecule has 0 saturated heterocycles. The summed E-state index contributed by atoms with van der Waals surface area (Å²) in [5, 5.41) is 40.4. The average molecular weight is 587 g/mol. The Morgan fingerprint density at radius 3 is 2.05 bits per heavy atom. The number of imidazole rings is 2. The molecule has 8 heteroatoms. The zero-order valence-corrected chi connectivity index (χ0v) is 24.2. The lowest BCUT2D eigenvalue weighted by molar-refractivity contribution is 0.270. The summed E-state index contributed by atoms with van der Waals surface area (Å²) in [4.78, 5) is 9.25. The van der Waals surface area contributed by atoms with Crippen LogP contribution in [0.3, 0.4) is 0 Å². The van der Waals surface area contributed by atoms with E-state index in [9.17, 15) is 20.4 Å². The Morgan fingerprint density at radius 1 is 0.568 bits per heavy atom. The number of phenolic OH excluding ortho intramolecular Hbond substituents is 2. The zero-order valence-electron chi connectivity index (χ0n) is 24.2. The van der Waals surface area contributed by atoms with Crippen LogP contribution in [-0.2, 0) is 32.5 Å². The topological polar surface area (TPSA) is 117 Å². The molecule has 0 saturated carbocycles. The highest BCUT2D eigenvalue weighted by Gasteiger charge is 2.15. The summed E-state index contributed by atoms with van der Waals surface area (Å²) in [6, 6.07) is 30.7. The van der Waals surface area contributed by atoms with Crippen molar-refractivity contribution in [2.75, 3.05) is 6.61 Å². The quantitative estimate of drug-likeness (QED) is 0.158. The fourth-order valence-corrected chi connectivity index (χ4v) is 5.70. The Labute approximate surface area is 255 Å². The van der Waals surface area contributed by atoms with Crippen molar-refractivity contribution in [3.63, 3.8) is 0 Å². The predicted octanol–water partition coefficient (Wildman–Crippen LogP) is 5.54. The molecule has 2 heterocycles. The molecule has 6 aromatic rings. The van der Waals surface area contributed by atoms with Crippen molar-refractivity contribution < 1.29 is 20.4 Å². The van der Waals surface area contributed by atoms with Crippen LogP contribution in [0.5, 0.6) is 11.5 Å². The van der Waals surface area contributed by atoms with Crippen molar-refractivity contribution >= 4 is 0 Å². The van der Waals surface area contributed by atoms with Crippen LogP contribution in [0.25, 0.3) is 22.4 Å². The first kappa shape index (κ1) is 28.9. The number of phenols is 2. The van der Waals surface area contributed by atoms with E-state index in [0.717, 1.165) is 56.2 Å². The summed E-state index contributed by atoms with van der Waals surface area (Å²) in [5.41, 5.74) is 8.98. The highest BCUT2D eigenvalue weighted by atomic mass is 16.3. The first-order valence-corrected chi connectivity index (χ1v) is 14.5. The first-order valence-electron chi connectivity index (χ1n) is 14.5. The molecule has 0 aliphatic rings. The molecule has 4 N–H and O–H groups in total. The smallest absolute Gasteiger partial charge is 0.116 e. The monoisotopic (exact) mass is 586 g/mol. The molecular weight excluding hydrogens is 552 g/mol. The first-order chi connectivity index (χ1) is 21.5. The summed E-state index contributed by atoms with van der Waals surface area (Å²) in [6.45, 7) is 0.845. The summed E-state index contributed by atoms with van der Waals surface area (Å²) in [6.07, 6.45) is 4.51. The number of rotatable bonds is 11. The molecule has 0 amide bonds. The maximum atomic E-state index is 10.7. The summed E-state index contributed by atoms with van der Waals surface area (Å²) in [7, 11) is 0. The normalized spacial score (nSPS) is 11.2. The maximum absolute atomic E-state index is 10.7. The Hall–Kier alpha value is -5.18. The van der Waals surface area contributed by atoms with Gasteiger partial charge < -0.3 is 29.6 Å². The van der Waals surface area contributed by atoms with Crippen LogP contribution in [-0.4, -0.2) is 46.1 Å². The van der Waals surface area contributed by atoms with Gasteiger partial charge in [-0.05, 0) is 58.1 Å². The second-order valence-electron chi connectivity index (χ2n) is 10.9. The molecule has 6 rings (SSSR count). The van der Waals surface area contributed by atoms with Crippen molar-refractivity contribution in [3.05, 3.63) is 143 Å². The number of aliphatic hydroxyl groups is 2. The Morgan fingerprint density at radius 2 is 1.25 bits per heavy atom. The lowest BCUT2D eigenvalue weighted by Crippen LogP contribution is -2.06. The van der Waals surface area contributed by atoms with Gasteiger partial charge in [-0.25, -0.2) is 9.97 Å². The van der Waals surface area contributed by atoms with Crippen LogP contribution in [0.4, 0.5) is 0 Å². The second-order valence-corrected chi connectivity index (χ2v) is 10.9. The molecule has 0 spiro atoms. The van der Waals surface area contributed by atoms with Gasteiger partial charge in [0.05, 0.1) is 36.3 Å². The molecule has 8 nitrogen and oxygen atoms in total. The van der Waals surface area contributed by atoms with Crippen LogP contribution in [0.2, 0.25) is 0 Å². The highest BCUT2D eigenvalue weighted by Crippen LogP contribution is 2.29. The SMILES string of the molecule is OCCc1c(-c2ccccc2)ncn1Cc1cc(O)cc(-c2cccc(Cc3ncn(Cc4cccc(O)c4)c3CO)c2)c1. The van der Waals surface area contributed by atoms with Crippen molar-refractivity contribution in [3.8, 4) is 33.9 Å². The van der Waals surface area contributed by atoms with E-state index in [-0.39, 0.29) is 24.7 Å². The molecule has 44 heavy (non-hydrogen) atoms. The molecule has 0 fully saturated rings. The maximum Gasteiger partial charge on any atom is 0.116 e. The molecule has 2 aromatic heterocycles. The number of hydrogen-bond donors (Lipinski definition) is 4. The van der Waals surface area contributed by atoms with Crippen LogP contribution in [0, 0.1) is 0 Å². The van der Waals surface area contributed by atoms with Gasteiger partial charge in [0.2, 0.25) is 0 Å². The zero-order chi connectivity index (χ0) is 30.5. The number of benzene rings is 4. The van der Waals surface area contributed by atoms with Crippen molar-refractivity contribution in [1.29, 1.82) is 0 Å². The Bertz CT molecular complexity index is 1880. The summed E-state index contributed by atoms with van der Waals surface area (Å²) in [5.74, 6) is 0.371. The molecule has 0 bridgehead atoms. The van der Waals surface area contributed by atoms with Crippen LogP contribution in [0.15, 0.2) is 110 Å². The number of hydrogen-bond acceptors (Lipinski definition) is 6. The standard InChI is InChI=1S/C36H34N4O4/c41-13-12-34-36(28-8-2-1-3-9-28)38-24-39(34)21-27-15-30(19-32(44)17-27)29-10-4-6-25(14-29)18-33-35(22-42)40(23-37-33)20-26-7-5-11-31(43)16-26/h1-11,14-17,19,23-24,41-44H,12-13,18,20-22H2. The molecular formula is C36H34N4O4. The fraction of sp³-hybridized carbons (Fsp3) is 0.167. The lowest BCUT2D eigenvalue weighted by Gasteiger charge is -2.12. The van der Waals surface area contributed by atoms with E-state index in [0.29, 0.717) is 25.9 Å². The molecule has 0 atom stereocenters. The van der Waals surface area contributed by atoms with Gasteiger partial charge >= 0.3 is 0 Å². The Kier molecular flexibility index (Phi) is 8.54. The van der Waals surface area contributed by atoms with Gasteiger partial charge in [-0.15, -0.1) is 0 Å². The minimum Gasteiger partial charge on any atom is -0.508 e. The fourth-order valence-electron chi connectivity index (χ4n) is 5.70. The van der Waals surface area contributed by atoms with Gasteiger partial charge in [0, 0.05) is 43.8 Å². The van der Waals surface area contributed by atoms with E-state index in [1.54, 1.807) is 43.0 Å². The minimum atomic E-state index is -0.151. The summed E-state index contributed by atoms with van der Waals surface area (Å²) < 4.78 is 3.93. The summed E-state index contributed by atoms with van der Waals surface area (Å²) >= 11 is 0. The predicted molar refractivity (Wildman–Crippen MR) is 169 cm³/mol. The number of aromatic nitrogens is 4. The van der Waals surface area contributed by atoms with Gasteiger partial charge in [0.15, 0.2) is 0 Å². The second kappa shape index (κ2) is 13.0. The van der Waals surface area contributed by atoms with E-state index in [2.05, 4.69) is 22.1 Å². The third-order valence-electron chi connectivity index (χ3n) is 7.75. The van der Waals surface area contributed by atoms with E-state index in [1.807, 2.05) is 63.7 Å². The molecule has 0 unspecified atom stereocenters. The van der Waals surface area contributed by atoms with Crippen LogP contribution < -0.4 is 0 Å². The van der Waals surface area contributed by atoms with Crippen molar-refractivity contribution in [1.82, 2.24) is 19.1 Å². The molecule has 4 aromatic carbocycles. The van der Waals surface area contributed by atoms with E-state index in [1.165, 1.54) is 0 Å². The average Bonchev–Trinajstić information content (AvgIpc) is 3.60. The third-order valence-corrected chi connectivity index (χ3v) is 7.75. The van der Waals surface area contributed by atoms with Crippen LogP contribution in [0.1, 0.15) is 33.8 Å². The largest absolute Gasteiger partial charge is 0.508 e. The highest BCUT2D eigenvalue weighted by molar-refractivity contribution is 5.67. The van der Waals surface area contributed by atoms with E-state index < -0.39 is 0 Å². The third kappa shape index (κ3) is 6.41. The van der Waals surface area contributed by atoms with Gasteiger partial charge in [-0.1, -0.05) is 66.7 Å². The van der Waals surface area contributed by atoms with Crippen molar-refractivity contribution in [2.24, 2.45) is 0 Å². The Balaban J connectivity index is 1.24. The number of nitrogens with zero attached hydrogens (tertiary/aromatic N) is 4.